The van der Waals surface area contributed by atoms with E-state index in [0.29, 0.717) is 18.3 Å². The van der Waals surface area contributed by atoms with Gasteiger partial charge in [0.1, 0.15) is 5.75 Å². The molecule has 1 aliphatic heterocycles. The molecular formula is C21H23N3O2. The summed E-state index contributed by atoms with van der Waals surface area (Å²) < 4.78 is 5.52. The SMILES string of the molecule is Cc1cc(C)c(-c2ccc3ccc(C[C@@H]4COCCN4)nc3n2)c(O)c1. The van der Waals surface area contributed by atoms with Crippen molar-refractivity contribution >= 4 is 11.0 Å². The number of hydrogen-bond donors (Lipinski definition) is 2. The molecule has 0 radical (unpaired) electrons. The van der Waals surface area contributed by atoms with Crippen LogP contribution in [-0.4, -0.2) is 40.9 Å². The third-order valence-electron chi connectivity index (χ3n) is 4.78. The van der Waals surface area contributed by atoms with Gasteiger partial charge >= 0.3 is 0 Å². The fourth-order valence-electron chi connectivity index (χ4n) is 3.57. The summed E-state index contributed by atoms with van der Waals surface area (Å²) in [4.78, 5) is 9.47. The molecular weight excluding hydrogens is 326 g/mol. The number of rotatable bonds is 3. The topological polar surface area (TPSA) is 67.3 Å². The van der Waals surface area contributed by atoms with E-state index >= 15 is 0 Å². The van der Waals surface area contributed by atoms with Crippen LogP contribution in [0.5, 0.6) is 5.75 Å². The molecule has 0 spiro atoms. The summed E-state index contributed by atoms with van der Waals surface area (Å²) in [5, 5.41) is 14.8. The molecule has 134 valence electrons. The molecule has 4 rings (SSSR count). The van der Waals surface area contributed by atoms with E-state index in [2.05, 4.69) is 23.5 Å². The predicted octanol–water partition coefficient (Wildman–Crippen LogP) is 3.15. The average Bonchev–Trinajstić information content (AvgIpc) is 2.61. The lowest BCUT2D eigenvalue weighted by molar-refractivity contribution is 0.0767. The molecule has 1 atom stereocenters. The fraction of sp³-hybridized carbons (Fsp3) is 0.333. The molecule has 0 unspecified atom stereocenters. The Morgan fingerprint density at radius 1 is 1.15 bits per heavy atom. The Bertz CT molecular complexity index is 926. The summed E-state index contributed by atoms with van der Waals surface area (Å²) in [5.74, 6) is 0.258. The van der Waals surface area contributed by atoms with Crippen LogP contribution in [-0.2, 0) is 11.2 Å². The summed E-state index contributed by atoms with van der Waals surface area (Å²) in [5.41, 5.74) is 5.26. The first kappa shape index (κ1) is 16.9. The molecule has 1 saturated heterocycles. The van der Waals surface area contributed by atoms with Gasteiger partial charge < -0.3 is 15.2 Å². The third-order valence-corrected chi connectivity index (χ3v) is 4.78. The number of aromatic nitrogens is 2. The Labute approximate surface area is 153 Å². The largest absolute Gasteiger partial charge is 0.507 e. The fourth-order valence-corrected chi connectivity index (χ4v) is 3.57. The summed E-state index contributed by atoms with van der Waals surface area (Å²) in [6, 6.07) is 12.2. The molecule has 5 heteroatoms. The van der Waals surface area contributed by atoms with Crippen molar-refractivity contribution in [2.75, 3.05) is 19.8 Å². The maximum Gasteiger partial charge on any atom is 0.160 e. The highest BCUT2D eigenvalue weighted by Gasteiger charge is 2.15. The Balaban J connectivity index is 1.70. The molecule has 3 aromatic rings. The molecule has 2 N–H and O–H groups in total. The Morgan fingerprint density at radius 2 is 2.00 bits per heavy atom. The first-order chi connectivity index (χ1) is 12.6. The Kier molecular flexibility index (Phi) is 4.57. The molecule has 1 aromatic carbocycles. The van der Waals surface area contributed by atoms with Gasteiger partial charge in [0.15, 0.2) is 5.65 Å². The minimum atomic E-state index is 0.258. The van der Waals surface area contributed by atoms with Crippen LogP contribution < -0.4 is 5.32 Å². The van der Waals surface area contributed by atoms with Crippen molar-refractivity contribution in [3.63, 3.8) is 0 Å². The van der Waals surface area contributed by atoms with Crippen molar-refractivity contribution in [1.29, 1.82) is 0 Å². The van der Waals surface area contributed by atoms with Crippen molar-refractivity contribution < 1.29 is 9.84 Å². The number of phenolic OH excluding ortho intramolecular Hbond substituents is 1. The molecule has 26 heavy (non-hydrogen) atoms. The van der Waals surface area contributed by atoms with Crippen LogP contribution in [0.15, 0.2) is 36.4 Å². The van der Waals surface area contributed by atoms with Crippen LogP contribution in [0.25, 0.3) is 22.3 Å². The highest BCUT2D eigenvalue weighted by molar-refractivity contribution is 5.80. The van der Waals surface area contributed by atoms with Crippen LogP contribution in [0.3, 0.4) is 0 Å². The summed E-state index contributed by atoms with van der Waals surface area (Å²) in [7, 11) is 0. The van der Waals surface area contributed by atoms with E-state index in [-0.39, 0.29) is 5.75 Å². The van der Waals surface area contributed by atoms with Crippen molar-refractivity contribution in [1.82, 2.24) is 15.3 Å². The molecule has 1 aliphatic rings. The number of aryl methyl sites for hydroxylation is 2. The van der Waals surface area contributed by atoms with Crippen LogP contribution in [0, 0.1) is 13.8 Å². The lowest BCUT2D eigenvalue weighted by Crippen LogP contribution is -2.42. The first-order valence-electron chi connectivity index (χ1n) is 8.98. The van der Waals surface area contributed by atoms with Gasteiger partial charge in [0.2, 0.25) is 0 Å². The van der Waals surface area contributed by atoms with Gasteiger partial charge in [-0.05, 0) is 55.3 Å². The van der Waals surface area contributed by atoms with E-state index in [4.69, 9.17) is 14.7 Å². The minimum Gasteiger partial charge on any atom is -0.507 e. The lowest BCUT2D eigenvalue weighted by atomic mass is 10.0. The number of phenols is 1. The third kappa shape index (κ3) is 3.41. The molecule has 0 bridgehead atoms. The van der Waals surface area contributed by atoms with E-state index < -0.39 is 0 Å². The monoisotopic (exact) mass is 349 g/mol. The van der Waals surface area contributed by atoms with Gasteiger partial charge in [-0.25, -0.2) is 9.97 Å². The van der Waals surface area contributed by atoms with E-state index in [1.165, 1.54) is 0 Å². The molecule has 2 aromatic heterocycles. The van der Waals surface area contributed by atoms with E-state index in [0.717, 1.165) is 53.0 Å². The second kappa shape index (κ2) is 7.02. The standard InChI is InChI=1S/C21H23N3O2/c1-13-9-14(2)20(19(25)10-13)18-6-4-15-3-5-16(23-21(15)24-18)11-17-12-26-8-7-22-17/h3-6,9-10,17,22,25H,7-8,11-12H2,1-2H3/t17-/m1/s1. The van der Waals surface area contributed by atoms with Crippen LogP contribution in [0.1, 0.15) is 16.8 Å². The number of ether oxygens (including phenoxy) is 1. The van der Waals surface area contributed by atoms with Gasteiger partial charge in [-0.2, -0.15) is 0 Å². The number of nitrogens with zero attached hydrogens (tertiary/aromatic N) is 2. The van der Waals surface area contributed by atoms with Gasteiger partial charge in [-0.1, -0.05) is 6.07 Å². The highest BCUT2D eigenvalue weighted by Crippen LogP contribution is 2.33. The van der Waals surface area contributed by atoms with Gasteiger partial charge in [-0.15, -0.1) is 0 Å². The normalized spacial score (nSPS) is 17.5. The van der Waals surface area contributed by atoms with E-state index in [9.17, 15) is 5.11 Å². The molecule has 1 fully saturated rings. The summed E-state index contributed by atoms with van der Waals surface area (Å²) in [6.07, 6.45) is 0.816. The number of morpholine rings is 1. The second-order valence-corrected chi connectivity index (χ2v) is 6.95. The molecule has 0 amide bonds. The van der Waals surface area contributed by atoms with Crippen LogP contribution in [0.4, 0.5) is 0 Å². The summed E-state index contributed by atoms with van der Waals surface area (Å²) >= 11 is 0. The zero-order valence-corrected chi connectivity index (χ0v) is 15.1. The average molecular weight is 349 g/mol. The van der Waals surface area contributed by atoms with Crippen molar-refractivity contribution in [3.05, 3.63) is 53.2 Å². The molecule has 3 heterocycles. The van der Waals surface area contributed by atoms with Crippen molar-refractivity contribution in [2.24, 2.45) is 0 Å². The second-order valence-electron chi connectivity index (χ2n) is 6.95. The molecule has 0 saturated carbocycles. The maximum atomic E-state index is 10.4. The quantitative estimate of drug-likeness (QED) is 0.760. The lowest BCUT2D eigenvalue weighted by Gasteiger charge is -2.23. The van der Waals surface area contributed by atoms with Gasteiger partial charge in [0, 0.05) is 35.7 Å². The molecule has 0 aliphatic carbocycles. The van der Waals surface area contributed by atoms with Crippen LogP contribution in [0.2, 0.25) is 0 Å². The maximum absolute atomic E-state index is 10.4. The van der Waals surface area contributed by atoms with Crippen molar-refractivity contribution in [3.8, 4) is 17.0 Å². The first-order valence-corrected chi connectivity index (χ1v) is 8.98. The zero-order valence-electron chi connectivity index (χ0n) is 15.1. The number of nitrogens with one attached hydrogen (secondary N) is 1. The number of pyridine rings is 2. The van der Waals surface area contributed by atoms with Gasteiger partial charge in [-0.3, -0.25) is 0 Å². The van der Waals surface area contributed by atoms with Crippen molar-refractivity contribution in [2.45, 2.75) is 26.3 Å². The number of fused-ring (bicyclic) bond motifs is 1. The molecule has 5 nitrogen and oxygen atoms in total. The number of benzene rings is 1. The van der Waals surface area contributed by atoms with Gasteiger partial charge in [0.05, 0.1) is 18.9 Å². The predicted molar refractivity (Wildman–Crippen MR) is 102 cm³/mol. The smallest absolute Gasteiger partial charge is 0.160 e. The number of aromatic hydroxyl groups is 1. The Morgan fingerprint density at radius 3 is 2.77 bits per heavy atom. The zero-order chi connectivity index (χ0) is 18.1. The van der Waals surface area contributed by atoms with E-state index in [1.807, 2.05) is 26.0 Å². The minimum absolute atomic E-state index is 0.258. The van der Waals surface area contributed by atoms with E-state index in [1.54, 1.807) is 6.07 Å². The van der Waals surface area contributed by atoms with Gasteiger partial charge in [0.25, 0.3) is 0 Å². The number of hydrogen-bond acceptors (Lipinski definition) is 5. The Hall–Kier alpha value is -2.50. The summed E-state index contributed by atoms with van der Waals surface area (Å²) in [6.45, 7) is 6.33. The van der Waals surface area contributed by atoms with Crippen LogP contribution >= 0.6 is 0 Å². The highest BCUT2D eigenvalue weighted by atomic mass is 16.5.